The Labute approximate surface area is 163 Å². The van der Waals surface area contributed by atoms with Gasteiger partial charge in [-0.1, -0.05) is 0 Å². The Morgan fingerprint density at radius 1 is 1.04 bits per heavy atom. The summed E-state index contributed by atoms with van der Waals surface area (Å²) in [6, 6.07) is 8.35. The van der Waals surface area contributed by atoms with Crippen LogP contribution in [0.1, 0.15) is 12.0 Å². The van der Waals surface area contributed by atoms with Gasteiger partial charge in [0.05, 0.1) is 16.0 Å². The Balaban J connectivity index is 1.85. The molecule has 0 spiro atoms. The van der Waals surface area contributed by atoms with Crippen LogP contribution in [0.3, 0.4) is 0 Å². The quantitative estimate of drug-likeness (QED) is 0.331. The molecule has 0 aliphatic heterocycles. The number of nitro benzene ring substituents is 1. The summed E-state index contributed by atoms with van der Waals surface area (Å²) in [5, 5.41) is 17.7. The topological polar surface area (TPSA) is 109 Å². The number of non-ortho nitro benzene ring substituents is 1. The average Bonchev–Trinajstić information content (AvgIpc) is 2.69. The van der Waals surface area contributed by atoms with Gasteiger partial charge < -0.3 is 15.5 Å². The molecule has 28 heavy (non-hydrogen) atoms. The van der Waals surface area contributed by atoms with Gasteiger partial charge in [0.1, 0.15) is 0 Å². The fraction of sp³-hybridized carbons (Fsp3) is 0.316. The fourth-order valence-electron chi connectivity index (χ4n) is 2.69. The molecule has 0 fully saturated rings. The van der Waals surface area contributed by atoms with Gasteiger partial charge in [-0.2, -0.15) is 0 Å². The fourth-order valence-corrected chi connectivity index (χ4v) is 2.69. The molecule has 0 aliphatic rings. The Morgan fingerprint density at radius 3 is 2.46 bits per heavy atom. The molecule has 0 radical (unpaired) electrons. The van der Waals surface area contributed by atoms with Crippen LogP contribution in [0.4, 0.5) is 17.3 Å². The Morgan fingerprint density at radius 2 is 1.75 bits per heavy atom. The van der Waals surface area contributed by atoms with E-state index >= 15 is 0 Å². The summed E-state index contributed by atoms with van der Waals surface area (Å²) in [5.74, 6) is 1.20. The van der Waals surface area contributed by atoms with Gasteiger partial charge in [-0.05, 0) is 50.8 Å². The van der Waals surface area contributed by atoms with E-state index in [9.17, 15) is 10.1 Å². The van der Waals surface area contributed by atoms with Crippen LogP contribution in [0.25, 0.3) is 11.0 Å². The van der Waals surface area contributed by atoms with Crippen LogP contribution in [-0.4, -0.2) is 52.0 Å². The number of hydrogen-bond acceptors (Lipinski definition) is 8. The lowest BCUT2D eigenvalue weighted by Crippen LogP contribution is -2.17. The Kier molecular flexibility index (Phi) is 6.28. The van der Waals surface area contributed by atoms with Crippen molar-refractivity contribution in [1.82, 2.24) is 19.9 Å². The highest BCUT2D eigenvalue weighted by Crippen LogP contribution is 2.25. The van der Waals surface area contributed by atoms with Gasteiger partial charge in [0.2, 0.25) is 0 Å². The first kappa shape index (κ1) is 19.4. The molecule has 2 N–H and O–H groups in total. The van der Waals surface area contributed by atoms with E-state index in [1.807, 2.05) is 26.2 Å². The summed E-state index contributed by atoms with van der Waals surface area (Å²) in [7, 11) is 4.05. The number of pyridine rings is 1. The van der Waals surface area contributed by atoms with Gasteiger partial charge in [-0.25, -0.2) is 9.97 Å². The van der Waals surface area contributed by atoms with Crippen molar-refractivity contribution in [2.45, 2.75) is 13.0 Å². The second kappa shape index (κ2) is 9.05. The summed E-state index contributed by atoms with van der Waals surface area (Å²) >= 11 is 0. The molecule has 2 aromatic heterocycles. The third-order valence-corrected chi connectivity index (χ3v) is 4.14. The van der Waals surface area contributed by atoms with Gasteiger partial charge in [0.25, 0.3) is 5.69 Å². The van der Waals surface area contributed by atoms with E-state index in [-0.39, 0.29) is 5.69 Å². The Hall–Kier alpha value is -3.33. The van der Waals surface area contributed by atoms with Gasteiger partial charge in [0.15, 0.2) is 11.6 Å². The molecular formula is C19H23N7O2. The number of fused-ring (bicyclic) bond motifs is 1. The minimum absolute atomic E-state index is 0.00199. The molecule has 0 unspecified atom stereocenters. The van der Waals surface area contributed by atoms with E-state index in [2.05, 4.69) is 30.5 Å². The molecule has 3 rings (SSSR count). The molecule has 146 valence electrons. The van der Waals surface area contributed by atoms with Crippen molar-refractivity contribution in [2.75, 3.05) is 37.8 Å². The molecule has 0 bridgehead atoms. The highest BCUT2D eigenvalue weighted by Gasteiger charge is 2.12. The summed E-state index contributed by atoms with van der Waals surface area (Å²) in [4.78, 5) is 26.0. The normalized spacial score (nSPS) is 11.0. The predicted octanol–water partition coefficient (Wildman–Crippen LogP) is 2.91. The average molecular weight is 381 g/mol. The van der Waals surface area contributed by atoms with Crippen molar-refractivity contribution in [3.05, 3.63) is 58.4 Å². The number of hydrogen-bond donors (Lipinski definition) is 2. The lowest BCUT2D eigenvalue weighted by Gasteiger charge is -2.14. The summed E-state index contributed by atoms with van der Waals surface area (Å²) in [5.41, 5.74) is 2.15. The lowest BCUT2D eigenvalue weighted by molar-refractivity contribution is -0.384. The molecule has 1 aromatic carbocycles. The number of nitrogens with zero attached hydrogens (tertiary/aromatic N) is 5. The molecule has 2 heterocycles. The molecule has 0 aliphatic carbocycles. The van der Waals surface area contributed by atoms with E-state index < -0.39 is 4.92 Å². The van der Waals surface area contributed by atoms with Crippen LogP contribution in [0.5, 0.6) is 0 Å². The predicted molar refractivity (Wildman–Crippen MR) is 109 cm³/mol. The van der Waals surface area contributed by atoms with Crippen LogP contribution >= 0.6 is 0 Å². The molecule has 3 aromatic rings. The standard InChI is InChI=1S/C19H23N7O2/c1-25(2)11-3-8-21-18-19(22-13-14-6-9-20-10-7-14)23-16-5-4-15(26(27)28)12-17(16)24-18/h4-7,9-10,12H,3,8,11,13H2,1-2H3,(H,21,24)(H,22,23). The zero-order chi connectivity index (χ0) is 19.9. The smallest absolute Gasteiger partial charge is 0.271 e. The molecule has 0 saturated heterocycles. The maximum absolute atomic E-state index is 11.1. The van der Waals surface area contributed by atoms with Crippen molar-refractivity contribution in [3.63, 3.8) is 0 Å². The van der Waals surface area contributed by atoms with Crippen molar-refractivity contribution in [1.29, 1.82) is 0 Å². The van der Waals surface area contributed by atoms with Gasteiger partial charge in [-0.15, -0.1) is 0 Å². The van der Waals surface area contributed by atoms with Crippen LogP contribution in [-0.2, 0) is 6.54 Å². The number of aromatic nitrogens is 3. The third kappa shape index (κ3) is 5.10. The minimum Gasteiger partial charge on any atom is -0.367 e. The van der Waals surface area contributed by atoms with E-state index in [4.69, 9.17) is 0 Å². The van der Waals surface area contributed by atoms with E-state index in [1.54, 1.807) is 18.5 Å². The number of benzene rings is 1. The third-order valence-electron chi connectivity index (χ3n) is 4.14. The SMILES string of the molecule is CN(C)CCCNc1nc2cc([N+](=O)[O-])ccc2nc1NCc1ccncc1. The van der Waals surface area contributed by atoms with Crippen molar-refractivity contribution in [3.8, 4) is 0 Å². The van der Waals surface area contributed by atoms with E-state index in [1.165, 1.54) is 12.1 Å². The number of rotatable bonds is 9. The first-order chi connectivity index (χ1) is 13.5. The molecule has 0 saturated carbocycles. The van der Waals surface area contributed by atoms with E-state index in [0.29, 0.717) is 29.2 Å². The first-order valence-electron chi connectivity index (χ1n) is 9.00. The van der Waals surface area contributed by atoms with Crippen molar-refractivity contribution >= 4 is 28.4 Å². The first-order valence-corrected chi connectivity index (χ1v) is 9.00. The molecular weight excluding hydrogens is 358 g/mol. The van der Waals surface area contributed by atoms with Crippen LogP contribution in [0.2, 0.25) is 0 Å². The highest BCUT2D eigenvalue weighted by atomic mass is 16.6. The monoisotopic (exact) mass is 381 g/mol. The van der Waals surface area contributed by atoms with Crippen LogP contribution in [0.15, 0.2) is 42.7 Å². The summed E-state index contributed by atoms with van der Waals surface area (Å²) in [6.07, 6.45) is 4.41. The molecule has 0 atom stereocenters. The zero-order valence-corrected chi connectivity index (χ0v) is 15.9. The van der Waals surface area contributed by atoms with Gasteiger partial charge in [-0.3, -0.25) is 15.1 Å². The number of anilines is 2. The maximum Gasteiger partial charge on any atom is 0.271 e. The highest BCUT2D eigenvalue weighted by molar-refractivity contribution is 5.82. The molecule has 9 nitrogen and oxygen atoms in total. The second-order valence-electron chi connectivity index (χ2n) is 6.64. The van der Waals surface area contributed by atoms with Crippen LogP contribution < -0.4 is 10.6 Å². The largest absolute Gasteiger partial charge is 0.367 e. The lowest BCUT2D eigenvalue weighted by atomic mass is 10.2. The summed E-state index contributed by atoms with van der Waals surface area (Å²) < 4.78 is 0. The minimum atomic E-state index is -0.430. The summed E-state index contributed by atoms with van der Waals surface area (Å²) in [6.45, 7) is 2.23. The van der Waals surface area contributed by atoms with Gasteiger partial charge >= 0.3 is 0 Å². The number of nitrogens with one attached hydrogen (secondary N) is 2. The van der Waals surface area contributed by atoms with E-state index in [0.717, 1.165) is 25.1 Å². The molecule has 9 heteroatoms. The van der Waals surface area contributed by atoms with Gasteiger partial charge in [0, 0.05) is 37.6 Å². The Bertz CT molecular complexity index is 948. The number of nitro groups is 1. The molecule has 0 amide bonds. The zero-order valence-electron chi connectivity index (χ0n) is 15.9. The maximum atomic E-state index is 11.1. The van der Waals surface area contributed by atoms with Crippen LogP contribution in [0, 0.1) is 10.1 Å². The van der Waals surface area contributed by atoms with Crippen molar-refractivity contribution < 1.29 is 4.92 Å². The van der Waals surface area contributed by atoms with Crippen molar-refractivity contribution in [2.24, 2.45) is 0 Å². The second-order valence-corrected chi connectivity index (χ2v) is 6.64.